The van der Waals surface area contributed by atoms with Crippen LogP contribution in [-0.4, -0.2) is 224 Å². The summed E-state index contributed by atoms with van der Waals surface area (Å²) in [7, 11) is 0. The van der Waals surface area contributed by atoms with E-state index >= 15 is 0 Å². The first-order valence-corrected chi connectivity index (χ1v) is 9.28. The van der Waals surface area contributed by atoms with Gasteiger partial charge in [0.25, 0.3) is 59.7 Å². The summed E-state index contributed by atoms with van der Waals surface area (Å²) in [6, 6.07) is 0. The van der Waals surface area contributed by atoms with Gasteiger partial charge in [0, 0.05) is 69.2 Å². The van der Waals surface area contributed by atoms with E-state index in [0.717, 1.165) is 69.2 Å². The van der Waals surface area contributed by atoms with Gasteiger partial charge in [0.1, 0.15) is 0 Å². The third kappa shape index (κ3) is 25900. The number of carboxylic acid groups (broad SMARTS) is 10. The molecule has 0 rings (SSSR count). The third-order valence-corrected chi connectivity index (χ3v) is 0. The zero-order valence-electron chi connectivity index (χ0n) is 23.6. The third-order valence-electron chi connectivity index (χ3n) is 0. The molecule has 0 radical (unpaired) electrons. The number of hydrogen-bond donors (Lipinski definition) is 10. The molecular formula is C20H46Ca3O20. The number of rotatable bonds is 0. The van der Waals surface area contributed by atoms with Crippen molar-refractivity contribution in [2.24, 2.45) is 0 Å². The number of hydrogen-bond acceptors (Lipinski definition) is 10. The molecule has 0 fully saturated rings. The first-order valence-electron chi connectivity index (χ1n) is 9.28. The molecule has 0 aliphatic heterocycles. The van der Waals surface area contributed by atoms with Crippen LogP contribution in [0.3, 0.4) is 0 Å². The fourth-order valence-electron chi connectivity index (χ4n) is 0. The molecule has 0 aliphatic rings. The van der Waals surface area contributed by atoms with Crippen molar-refractivity contribution in [3.8, 4) is 0 Å². The molecule has 0 heterocycles. The van der Waals surface area contributed by atoms with Crippen molar-refractivity contribution in [2.45, 2.75) is 69.2 Å². The predicted molar refractivity (Wildman–Crippen MR) is 159 cm³/mol. The van der Waals surface area contributed by atoms with E-state index in [4.69, 9.17) is 99.0 Å². The van der Waals surface area contributed by atoms with Gasteiger partial charge in [-0.05, 0) is 0 Å². The number of carbonyl (C=O) groups is 10. The topological polar surface area (TPSA) is 373 Å². The average molecular weight is 727 g/mol. The fourth-order valence-corrected chi connectivity index (χ4v) is 0. The SMILES string of the molecule is CC(=O)O.CC(=O)O.CC(=O)O.CC(=O)O.CC(=O)O.CC(=O)O.CC(=O)O.CC(=O)O.CC(=O)O.CC(=O)O.[CaH2].[CaH2].[CaH2]. The Bertz CT molecular complexity index is 485. The molecule has 0 saturated carbocycles. The van der Waals surface area contributed by atoms with Crippen LogP contribution in [0.1, 0.15) is 69.2 Å². The number of carboxylic acids is 10. The van der Waals surface area contributed by atoms with Gasteiger partial charge in [0.2, 0.25) is 0 Å². The molecule has 0 aromatic heterocycles. The summed E-state index contributed by atoms with van der Waals surface area (Å²) in [5.41, 5.74) is 0. The van der Waals surface area contributed by atoms with Crippen LogP contribution in [-0.2, 0) is 47.9 Å². The molecule has 0 amide bonds. The number of aliphatic carboxylic acids is 10. The van der Waals surface area contributed by atoms with Gasteiger partial charge in [0.05, 0.1) is 0 Å². The Morgan fingerprint density at radius 1 is 0.209 bits per heavy atom. The molecule has 0 saturated heterocycles. The second-order valence-corrected chi connectivity index (χ2v) is 5.19. The van der Waals surface area contributed by atoms with Crippen molar-refractivity contribution in [1.82, 2.24) is 0 Å². The van der Waals surface area contributed by atoms with Crippen molar-refractivity contribution in [3.63, 3.8) is 0 Å². The average Bonchev–Trinajstić information content (AvgIpc) is 2.47. The molecule has 0 bridgehead atoms. The van der Waals surface area contributed by atoms with E-state index in [9.17, 15) is 0 Å². The van der Waals surface area contributed by atoms with Gasteiger partial charge in [-0.25, -0.2) is 0 Å². The van der Waals surface area contributed by atoms with Crippen LogP contribution in [0.15, 0.2) is 0 Å². The van der Waals surface area contributed by atoms with Crippen molar-refractivity contribution in [2.75, 3.05) is 0 Å². The molecule has 10 N–H and O–H groups in total. The second kappa shape index (κ2) is 77.8. The Labute approximate surface area is 337 Å². The Hall–Kier alpha value is -1.52. The van der Waals surface area contributed by atoms with Crippen molar-refractivity contribution in [3.05, 3.63) is 0 Å². The Morgan fingerprint density at radius 3 is 0.209 bits per heavy atom. The Balaban J connectivity index is -0.0000000210. The molecule has 0 aromatic carbocycles. The van der Waals surface area contributed by atoms with Crippen LogP contribution in [0.4, 0.5) is 0 Å². The molecule has 0 atom stereocenters. The molecule has 43 heavy (non-hydrogen) atoms. The van der Waals surface area contributed by atoms with Crippen LogP contribution in [0.2, 0.25) is 0 Å². The minimum absolute atomic E-state index is 0. The normalized spacial score (nSPS) is 5.81. The van der Waals surface area contributed by atoms with Gasteiger partial charge < -0.3 is 51.1 Å². The second-order valence-electron chi connectivity index (χ2n) is 5.19. The molecule has 252 valence electrons. The Morgan fingerprint density at radius 2 is 0.209 bits per heavy atom. The summed E-state index contributed by atoms with van der Waals surface area (Å²) in [6.07, 6.45) is 0. The van der Waals surface area contributed by atoms with E-state index in [1.165, 1.54) is 0 Å². The van der Waals surface area contributed by atoms with Gasteiger partial charge in [-0.2, -0.15) is 0 Å². The summed E-state index contributed by atoms with van der Waals surface area (Å²) in [4.78, 5) is 90.0. The van der Waals surface area contributed by atoms with Crippen molar-refractivity contribution >= 4 is 173 Å². The van der Waals surface area contributed by atoms with Crippen LogP contribution in [0.25, 0.3) is 0 Å². The molecule has 0 aliphatic carbocycles. The van der Waals surface area contributed by atoms with Crippen LogP contribution >= 0.6 is 0 Å². The molecule has 20 nitrogen and oxygen atoms in total. The summed E-state index contributed by atoms with van der Waals surface area (Å²) in [5, 5.41) is 74.2. The van der Waals surface area contributed by atoms with E-state index in [1.54, 1.807) is 0 Å². The summed E-state index contributed by atoms with van der Waals surface area (Å²) in [6.45, 7) is 10.8. The van der Waals surface area contributed by atoms with Crippen molar-refractivity contribution < 1.29 is 99.0 Å². The maximum atomic E-state index is 9.00. The van der Waals surface area contributed by atoms with Crippen molar-refractivity contribution in [1.29, 1.82) is 0 Å². The van der Waals surface area contributed by atoms with E-state index in [-0.39, 0.29) is 113 Å². The van der Waals surface area contributed by atoms with Crippen LogP contribution in [0.5, 0.6) is 0 Å². The predicted octanol–water partition coefficient (Wildman–Crippen LogP) is -1.84. The van der Waals surface area contributed by atoms with Crippen LogP contribution < -0.4 is 0 Å². The minimum atomic E-state index is -0.833. The quantitative estimate of drug-likeness (QED) is 0.123. The van der Waals surface area contributed by atoms with E-state index in [0.29, 0.717) is 0 Å². The van der Waals surface area contributed by atoms with Gasteiger partial charge in [-0.1, -0.05) is 0 Å². The Kier molecular flexibility index (Phi) is 152. The van der Waals surface area contributed by atoms with Gasteiger partial charge in [-0.3, -0.25) is 47.9 Å². The maximum absolute atomic E-state index is 9.00. The zero-order chi connectivity index (χ0) is 35.8. The van der Waals surface area contributed by atoms with Gasteiger partial charge in [0.15, 0.2) is 0 Å². The monoisotopic (exact) mass is 726 g/mol. The molecule has 0 spiro atoms. The van der Waals surface area contributed by atoms with Gasteiger partial charge >= 0.3 is 113 Å². The van der Waals surface area contributed by atoms with Gasteiger partial charge in [-0.15, -0.1) is 0 Å². The van der Waals surface area contributed by atoms with Crippen LogP contribution in [0, 0.1) is 0 Å². The summed E-state index contributed by atoms with van der Waals surface area (Å²) < 4.78 is 0. The first kappa shape index (κ1) is 83.8. The van der Waals surface area contributed by atoms with E-state index in [1.807, 2.05) is 0 Å². The molecule has 0 aromatic rings. The fraction of sp³-hybridized carbons (Fsp3) is 0.500. The first-order chi connectivity index (χ1) is 17.3. The van der Waals surface area contributed by atoms with E-state index in [2.05, 4.69) is 0 Å². The molecule has 23 heteroatoms. The molecule has 0 unspecified atom stereocenters. The molecular weight excluding hydrogens is 680 g/mol. The summed E-state index contributed by atoms with van der Waals surface area (Å²) in [5.74, 6) is -8.33. The summed E-state index contributed by atoms with van der Waals surface area (Å²) >= 11 is 0. The van der Waals surface area contributed by atoms with E-state index < -0.39 is 59.7 Å². The zero-order valence-corrected chi connectivity index (χ0v) is 23.6. The standard InChI is InChI=1S/10C2H4O2.3Ca.6H/c10*1-2(3)4;;;;;;;;;/h10*1H3,(H,3,4);;;;;;;;;.